The first-order valence-corrected chi connectivity index (χ1v) is 12.7. The van der Waals surface area contributed by atoms with Crippen molar-refractivity contribution in [1.82, 2.24) is 4.90 Å². The monoisotopic (exact) mass is 523 g/mol. The molecule has 38 heavy (non-hydrogen) atoms. The molecule has 0 amide bonds. The van der Waals surface area contributed by atoms with E-state index in [0.29, 0.717) is 22.6 Å². The van der Waals surface area contributed by atoms with Crippen molar-refractivity contribution in [3.63, 3.8) is 0 Å². The van der Waals surface area contributed by atoms with E-state index in [4.69, 9.17) is 9.47 Å². The number of ketones is 2. The molecule has 0 bridgehead atoms. The molecule has 1 aliphatic heterocycles. The van der Waals surface area contributed by atoms with E-state index in [1.165, 1.54) is 19.8 Å². The number of Topliss-reactive ketones (excluding diaryl/α,β-unsaturated/α-hetero) is 2. The summed E-state index contributed by atoms with van der Waals surface area (Å²) >= 11 is 0. The lowest BCUT2D eigenvalue weighted by atomic mass is 9.63. The molecular weight excluding hydrogens is 490 g/mol. The van der Waals surface area contributed by atoms with Crippen molar-refractivity contribution < 1.29 is 38.9 Å². The number of carbonyl (C=O) groups is 4. The molecule has 1 fully saturated rings. The molecule has 202 valence electrons. The molecule has 0 radical (unpaired) electrons. The Labute approximate surface area is 221 Å². The molecule has 9 heteroatoms. The first-order valence-electron chi connectivity index (χ1n) is 12.7. The van der Waals surface area contributed by atoms with Gasteiger partial charge < -0.3 is 19.7 Å². The van der Waals surface area contributed by atoms with Crippen molar-refractivity contribution in [1.29, 1.82) is 0 Å². The summed E-state index contributed by atoms with van der Waals surface area (Å²) in [6.07, 6.45) is 1.09. The van der Waals surface area contributed by atoms with Gasteiger partial charge in [-0.1, -0.05) is 30.3 Å². The average Bonchev–Trinajstić information content (AvgIpc) is 3.18. The molecule has 1 aliphatic carbocycles. The fourth-order valence-corrected chi connectivity index (χ4v) is 6.12. The van der Waals surface area contributed by atoms with E-state index in [1.807, 2.05) is 18.2 Å². The number of hydrogen-bond donors (Lipinski definition) is 2. The van der Waals surface area contributed by atoms with Gasteiger partial charge in [-0.05, 0) is 68.0 Å². The van der Waals surface area contributed by atoms with Crippen molar-refractivity contribution in [2.45, 2.75) is 38.6 Å². The highest BCUT2D eigenvalue weighted by atomic mass is 16.5. The largest absolute Gasteiger partial charge is 0.493 e. The van der Waals surface area contributed by atoms with Crippen molar-refractivity contribution >= 4 is 23.5 Å². The predicted octanol–water partition coefficient (Wildman–Crippen LogP) is 3.48. The Morgan fingerprint density at radius 1 is 1.03 bits per heavy atom. The molecule has 2 aromatic carbocycles. The minimum absolute atomic E-state index is 0.0296. The Bertz CT molecular complexity index is 1220. The molecule has 1 saturated heterocycles. The first kappa shape index (κ1) is 27.3. The lowest BCUT2D eigenvalue weighted by Crippen LogP contribution is -2.47. The summed E-state index contributed by atoms with van der Waals surface area (Å²) in [5.74, 6) is -5.41. The number of likely N-dealkylation sites (tertiary alicyclic amines) is 1. The van der Waals surface area contributed by atoms with Gasteiger partial charge in [-0.3, -0.25) is 19.3 Å². The Morgan fingerprint density at radius 3 is 2.24 bits per heavy atom. The SMILES string of the molecule is COc1cc2c(cc1OC)C(=O)C(CC1CCN(Cc3ccccc3)CC1)(C(CC(=O)O)C(=O)C(=O)O)C2. The third-order valence-corrected chi connectivity index (χ3v) is 7.99. The molecular formula is C29H33NO8. The van der Waals surface area contributed by atoms with Gasteiger partial charge in [0.05, 0.1) is 26.6 Å². The van der Waals surface area contributed by atoms with Gasteiger partial charge in [0.15, 0.2) is 17.3 Å². The second kappa shape index (κ2) is 11.3. The summed E-state index contributed by atoms with van der Waals surface area (Å²) in [7, 11) is 2.92. The summed E-state index contributed by atoms with van der Waals surface area (Å²) in [5, 5.41) is 19.2. The zero-order chi connectivity index (χ0) is 27.4. The third kappa shape index (κ3) is 5.43. The molecule has 0 spiro atoms. The standard InChI is InChI=1S/C29H33NO8/c1-37-23-12-20-16-29(27(34)21(20)13-24(23)38-2,22(14-25(31)32)26(33)28(35)36)15-18-8-10-30(11-9-18)17-19-6-4-3-5-7-19/h3-7,12-13,18,22H,8-11,14-17H2,1-2H3,(H,31,32)(H,35,36). The molecule has 2 aromatic rings. The number of fused-ring (bicyclic) bond motifs is 1. The van der Waals surface area contributed by atoms with Crippen LogP contribution in [0.25, 0.3) is 0 Å². The highest BCUT2D eigenvalue weighted by molar-refractivity contribution is 6.35. The normalized spacial score (nSPS) is 20.5. The molecule has 0 aromatic heterocycles. The number of ether oxygens (including phenoxy) is 2. The van der Waals surface area contributed by atoms with E-state index < -0.39 is 41.3 Å². The third-order valence-electron chi connectivity index (χ3n) is 7.99. The van der Waals surface area contributed by atoms with Crippen LogP contribution in [0.4, 0.5) is 0 Å². The van der Waals surface area contributed by atoms with Crippen LogP contribution in [-0.4, -0.2) is 65.9 Å². The highest BCUT2D eigenvalue weighted by Gasteiger charge is 2.56. The minimum atomic E-state index is -1.73. The van der Waals surface area contributed by atoms with Crippen molar-refractivity contribution in [3.05, 3.63) is 59.2 Å². The van der Waals surface area contributed by atoms with Crippen LogP contribution in [0, 0.1) is 17.3 Å². The van der Waals surface area contributed by atoms with Crippen molar-refractivity contribution in [3.8, 4) is 11.5 Å². The smallest absolute Gasteiger partial charge is 0.372 e. The van der Waals surface area contributed by atoms with Gasteiger partial charge in [-0.15, -0.1) is 0 Å². The molecule has 2 N–H and O–H groups in total. The fourth-order valence-electron chi connectivity index (χ4n) is 6.12. The molecule has 4 rings (SSSR count). The Balaban J connectivity index is 1.65. The lowest BCUT2D eigenvalue weighted by Gasteiger charge is -2.40. The van der Waals surface area contributed by atoms with E-state index in [2.05, 4.69) is 17.0 Å². The van der Waals surface area contributed by atoms with E-state index in [1.54, 1.807) is 12.1 Å². The van der Waals surface area contributed by atoms with Gasteiger partial charge in [0.25, 0.3) is 0 Å². The number of piperidine rings is 1. The summed E-state index contributed by atoms with van der Waals surface area (Å²) in [4.78, 5) is 53.0. The predicted molar refractivity (Wildman–Crippen MR) is 137 cm³/mol. The number of benzene rings is 2. The number of carbonyl (C=O) groups excluding carboxylic acids is 2. The fraction of sp³-hybridized carbons (Fsp3) is 0.448. The van der Waals surface area contributed by atoms with Crippen LogP contribution in [0.2, 0.25) is 0 Å². The quantitative estimate of drug-likeness (QED) is 0.425. The number of methoxy groups -OCH3 is 2. The van der Waals surface area contributed by atoms with Crippen molar-refractivity contribution in [2.75, 3.05) is 27.3 Å². The highest BCUT2D eigenvalue weighted by Crippen LogP contribution is 2.51. The van der Waals surface area contributed by atoms with E-state index in [-0.39, 0.29) is 18.8 Å². The number of aliphatic carboxylic acids is 2. The number of hydrogen-bond acceptors (Lipinski definition) is 7. The van der Waals surface area contributed by atoms with E-state index in [9.17, 15) is 29.4 Å². The Kier molecular flexibility index (Phi) is 8.16. The van der Waals surface area contributed by atoms with E-state index in [0.717, 1.165) is 32.5 Å². The molecule has 0 saturated carbocycles. The number of carboxylic acids is 2. The first-order chi connectivity index (χ1) is 18.2. The second-order valence-electron chi connectivity index (χ2n) is 10.3. The summed E-state index contributed by atoms with van der Waals surface area (Å²) in [6, 6.07) is 13.3. The van der Waals surface area contributed by atoms with Crippen LogP contribution in [0.5, 0.6) is 11.5 Å². The zero-order valence-corrected chi connectivity index (χ0v) is 21.6. The number of nitrogens with zero attached hydrogens (tertiary/aromatic N) is 1. The van der Waals surface area contributed by atoms with Crippen LogP contribution >= 0.6 is 0 Å². The van der Waals surface area contributed by atoms with Crippen molar-refractivity contribution in [2.24, 2.45) is 17.3 Å². The van der Waals surface area contributed by atoms with Crippen LogP contribution in [0.3, 0.4) is 0 Å². The van der Waals surface area contributed by atoms with Gasteiger partial charge in [0.1, 0.15) is 0 Å². The average molecular weight is 524 g/mol. The van der Waals surface area contributed by atoms with Gasteiger partial charge in [0, 0.05) is 17.5 Å². The summed E-state index contributed by atoms with van der Waals surface area (Å²) in [5.41, 5.74) is 0.653. The van der Waals surface area contributed by atoms with Crippen LogP contribution < -0.4 is 9.47 Å². The van der Waals surface area contributed by atoms with Gasteiger partial charge in [-0.25, -0.2) is 4.79 Å². The second-order valence-corrected chi connectivity index (χ2v) is 10.3. The van der Waals surface area contributed by atoms with Crippen LogP contribution in [-0.2, 0) is 27.3 Å². The summed E-state index contributed by atoms with van der Waals surface area (Å²) in [6.45, 7) is 2.38. The Hall–Kier alpha value is -3.72. The summed E-state index contributed by atoms with van der Waals surface area (Å²) < 4.78 is 10.8. The zero-order valence-electron chi connectivity index (χ0n) is 21.6. The molecule has 9 nitrogen and oxygen atoms in total. The maximum absolute atomic E-state index is 14.1. The molecule has 2 aliphatic rings. The molecule has 1 heterocycles. The maximum atomic E-state index is 14.1. The molecule has 2 atom stereocenters. The Morgan fingerprint density at radius 2 is 1.66 bits per heavy atom. The molecule has 2 unspecified atom stereocenters. The van der Waals surface area contributed by atoms with Gasteiger partial charge in [-0.2, -0.15) is 0 Å². The maximum Gasteiger partial charge on any atom is 0.372 e. The number of carboxylic acid groups (broad SMARTS) is 2. The topological polar surface area (TPSA) is 130 Å². The van der Waals surface area contributed by atoms with Crippen LogP contribution in [0.15, 0.2) is 42.5 Å². The van der Waals surface area contributed by atoms with E-state index >= 15 is 0 Å². The lowest BCUT2D eigenvalue weighted by molar-refractivity contribution is -0.155. The van der Waals surface area contributed by atoms with Crippen LogP contribution in [0.1, 0.15) is 47.2 Å². The van der Waals surface area contributed by atoms with Gasteiger partial charge in [0.2, 0.25) is 5.78 Å². The minimum Gasteiger partial charge on any atom is -0.493 e. The number of rotatable bonds is 11. The van der Waals surface area contributed by atoms with Gasteiger partial charge >= 0.3 is 11.9 Å².